The largest absolute Gasteiger partial charge is 0.391 e. The average Bonchev–Trinajstić information content (AvgIpc) is 2.48. The summed E-state index contributed by atoms with van der Waals surface area (Å²) in [4.78, 5) is 12.1. The van der Waals surface area contributed by atoms with Gasteiger partial charge in [-0.15, -0.1) is 0 Å². The lowest BCUT2D eigenvalue weighted by Crippen LogP contribution is -2.39. The van der Waals surface area contributed by atoms with Crippen molar-refractivity contribution in [1.29, 1.82) is 0 Å². The Morgan fingerprint density at radius 3 is 2.33 bits per heavy atom. The molecule has 4 N–H and O–H groups in total. The van der Waals surface area contributed by atoms with Crippen molar-refractivity contribution >= 4 is 28.9 Å². The molecule has 0 bridgehead atoms. The Hall–Kier alpha value is -2.47. The van der Waals surface area contributed by atoms with Gasteiger partial charge in [0.1, 0.15) is 16.8 Å². The summed E-state index contributed by atoms with van der Waals surface area (Å²) < 4.78 is 13.5. The molecule has 0 radical (unpaired) electrons. The van der Waals surface area contributed by atoms with Crippen LogP contribution in [-0.4, -0.2) is 11.0 Å². The molecule has 2 aromatic rings. The number of hydrogen-bond donors (Lipinski definition) is 3. The second-order valence-corrected chi connectivity index (χ2v) is 4.80. The highest BCUT2D eigenvalue weighted by atomic mass is 32.1. The zero-order chi connectivity index (χ0) is 15.2. The molecule has 0 aliphatic heterocycles. The highest BCUT2D eigenvalue weighted by molar-refractivity contribution is 7.80. The van der Waals surface area contributed by atoms with E-state index in [1.54, 1.807) is 24.3 Å². The Balaban J connectivity index is 2.10. The van der Waals surface area contributed by atoms with Crippen LogP contribution in [0.1, 0.15) is 11.6 Å². The molecule has 0 aliphatic carbocycles. The van der Waals surface area contributed by atoms with E-state index in [-0.39, 0.29) is 10.7 Å². The van der Waals surface area contributed by atoms with Crippen molar-refractivity contribution in [2.75, 3.05) is 5.32 Å². The van der Waals surface area contributed by atoms with E-state index >= 15 is 0 Å². The second-order valence-electron chi connectivity index (χ2n) is 4.32. The van der Waals surface area contributed by atoms with E-state index in [9.17, 15) is 9.18 Å². The summed E-state index contributed by atoms with van der Waals surface area (Å²) in [7, 11) is 0. The van der Waals surface area contributed by atoms with Gasteiger partial charge in [-0.05, 0) is 17.7 Å². The number of carbonyl (C=O) groups is 1. The molecular weight excluding hydrogens is 289 g/mol. The number of halogens is 1. The normalized spacial score (nSPS) is 11.5. The molecule has 0 aliphatic rings. The highest BCUT2D eigenvalue weighted by Gasteiger charge is 2.17. The van der Waals surface area contributed by atoms with E-state index in [0.717, 1.165) is 5.56 Å². The van der Waals surface area contributed by atoms with Gasteiger partial charge in [0.25, 0.3) is 0 Å². The quantitative estimate of drug-likeness (QED) is 0.761. The maximum Gasteiger partial charge on any atom is 0.320 e. The third kappa shape index (κ3) is 4.00. The van der Waals surface area contributed by atoms with E-state index in [0.29, 0.717) is 0 Å². The summed E-state index contributed by atoms with van der Waals surface area (Å²) >= 11 is 4.97. The van der Waals surface area contributed by atoms with Gasteiger partial charge in [0.15, 0.2) is 0 Å². The van der Waals surface area contributed by atoms with Gasteiger partial charge in [0.05, 0.1) is 5.69 Å². The maximum atomic E-state index is 13.5. The number of nitrogens with one attached hydrogen (secondary N) is 2. The fraction of sp³-hybridized carbons (Fsp3) is 0.0667. The molecule has 1 atom stereocenters. The van der Waals surface area contributed by atoms with E-state index in [1.165, 1.54) is 12.1 Å². The van der Waals surface area contributed by atoms with Crippen molar-refractivity contribution in [3.8, 4) is 0 Å². The average molecular weight is 303 g/mol. The number of amides is 2. The highest BCUT2D eigenvalue weighted by Crippen LogP contribution is 2.15. The minimum absolute atomic E-state index is 0.0877. The molecular formula is C15H14FN3OS. The lowest BCUT2D eigenvalue weighted by molar-refractivity contribution is 0.251. The Labute approximate surface area is 127 Å². The molecule has 0 aromatic heterocycles. The van der Waals surface area contributed by atoms with Gasteiger partial charge < -0.3 is 16.4 Å². The first-order valence-corrected chi connectivity index (χ1v) is 6.65. The first-order valence-electron chi connectivity index (χ1n) is 6.24. The standard InChI is InChI=1S/C15H14FN3OS/c16-11-8-4-5-9-12(11)18-15(20)19-13(14(17)21)10-6-2-1-3-7-10/h1-9,13H,(H2,17,21)(H2,18,19,20). The van der Waals surface area contributed by atoms with Crippen molar-refractivity contribution in [1.82, 2.24) is 5.32 Å². The Morgan fingerprint density at radius 1 is 1.10 bits per heavy atom. The van der Waals surface area contributed by atoms with Crippen LogP contribution in [0, 0.1) is 5.82 Å². The van der Waals surface area contributed by atoms with Gasteiger partial charge in [0, 0.05) is 0 Å². The summed E-state index contributed by atoms with van der Waals surface area (Å²) in [5.41, 5.74) is 6.50. The van der Waals surface area contributed by atoms with Gasteiger partial charge in [-0.1, -0.05) is 54.7 Å². The van der Waals surface area contributed by atoms with Crippen molar-refractivity contribution in [3.05, 3.63) is 66.0 Å². The minimum Gasteiger partial charge on any atom is -0.391 e. The Bertz CT molecular complexity index is 648. The fourth-order valence-corrected chi connectivity index (χ4v) is 2.01. The number of rotatable bonds is 4. The van der Waals surface area contributed by atoms with Gasteiger partial charge in [-0.2, -0.15) is 0 Å². The summed E-state index contributed by atoms with van der Waals surface area (Å²) in [6.45, 7) is 0. The number of thiocarbonyl (C=S) groups is 1. The van der Waals surface area contributed by atoms with Crippen LogP contribution < -0.4 is 16.4 Å². The lowest BCUT2D eigenvalue weighted by atomic mass is 10.1. The van der Waals surface area contributed by atoms with E-state index < -0.39 is 17.9 Å². The molecule has 108 valence electrons. The van der Waals surface area contributed by atoms with Gasteiger partial charge in [-0.25, -0.2) is 9.18 Å². The lowest BCUT2D eigenvalue weighted by Gasteiger charge is -2.18. The van der Waals surface area contributed by atoms with E-state index in [2.05, 4.69) is 10.6 Å². The number of benzene rings is 2. The molecule has 2 amide bonds. The van der Waals surface area contributed by atoms with Gasteiger partial charge in [0.2, 0.25) is 0 Å². The molecule has 2 rings (SSSR count). The van der Waals surface area contributed by atoms with Crippen molar-refractivity contribution in [2.45, 2.75) is 6.04 Å². The number of carbonyl (C=O) groups excluding carboxylic acids is 1. The number of urea groups is 1. The molecule has 0 heterocycles. The Morgan fingerprint density at radius 2 is 1.71 bits per heavy atom. The molecule has 1 unspecified atom stereocenters. The molecule has 4 nitrogen and oxygen atoms in total. The SMILES string of the molecule is NC(=S)C(NC(=O)Nc1ccccc1F)c1ccccc1. The first kappa shape index (κ1) is 14.9. The van der Waals surface area contributed by atoms with Crippen LogP contribution in [0.3, 0.4) is 0 Å². The molecule has 0 saturated heterocycles. The summed E-state index contributed by atoms with van der Waals surface area (Å²) in [5.74, 6) is -0.515. The van der Waals surface area contributed by atoms with Crippen molar-refractivity contribution in [3.63, 3.8) is 0 Å². The predicted octanol–water partition coefficient (Wildman–Crippen LogP) is 2.97. The van der Waals surface area contributed by atoms with Crippen LogP contribution in [0.5, 0.6) is 0 Å². The third-order valence-corrected chi connectivity index (χ3v) is 3.05. The second kappa shape index (κ2) is 6.81. The van der Waals surface area contributed by atoms with Crippen LogP contribution in [0.4, 0.5) is 14.9 Å². The van der Waals surface area contributed by atoms with Crippen LogP contribution >= 0.6 is 12.2 Å². The smallest absolute Gasteiger partial charge is 0.320 e. The zero-order valence-corrected chi connectivity index (χ0v) is 11.9. The first-order chi connectivity index (χ1) is 10.1. The summed E-state index contributed by atoms with van der Waals surface area (Å²) in [6, 6.07) is 13.8. The maximum absolute atomic E-state index is 13.5. The van der Waals surface area contributed by atoms with Crippen molar-refractivity contribution < 1.29 is 9.18 Å². The minimum atomic E-state index is -0.618. The molecule has 0 fully saturated rings. The number of nitrogens with two attached hydrogens (primary N) is 1. The molecule has 0 saturated carbocycles. The monoisotopic (exact) mass is 303 g/mol. The molecule has 21 heavy (non-hydrogen) atoms. The molecule has 6 heteroatoms. The van der Waals surface area contributed by atoms with Crippen LogP contribution in [0.15, 0.2) is 54.6 Å². The zero-order valence-electron chi connectivity index (χ0n) is 11.0. The third-order valence-electron chi connectivity index (χ3n) is 2.81. The van der Waals surface area contributed by atoms with Crippen molar-refractivity contribution in [2.24, 2.45) is 5.73 Å². The number of para-hydroxylation sites is 1. The topological polar surface area (TPSA) is 67.1 Å². The molecule has 2 aromatic carbocycles. The van der Waals surface area contributed by atoms with E-state index in [4.69, 9.17) is 18.0 Å². The predicted molar refractivity (Wildman–Crippen MR) is 84.5 cm³/mol. The fourth-order valence-electron chi connectivity index (χ4n) is 1.82. The van der Waals surface area contributed by atoms with Crippen LogP contribution in [0.25, 0.3) is 0 Å². The van der Waals surface area contributed by atoms with Gasteiger partial charge >= 0.3 is 6.03 Å². The Kier molecular flexibility index (Phi) is 4.84. The molecule has 0 spiro atoms. The summed E-state index contributed by atoms with van der Waals surface area (Å²) in [5, 5.41) is 5.05. The van der Waals surface area contributed by atoms with Gasteiger partial charge in [-0.3, -0.25) is 0 Å². The number of hydrogen-bond acceptors (Lipinski definition) is 2. The van der Waals surface area contributed by atoms with E-state index in [1.807, 2.05) is 18.2 Å². The number of anilines is 1. The van der Waals surface area contributed by atoms with Crippen LogP contribution in [0.2, 0.25) is 0 Å². The van der Waals surface area contributed by atoms with Crippen LogP contribution in [-0.2, 0) is 0 Å². The summed E-state index contributed by atoms with van der Waals surface area (Å²) in [6.07, 6.45) is 0.